The SMILES string of the molecule is O=C(CC(O)c1cccc(F)c1)NC1CCc2c(O)cccc21. The zero-order valence-corrected chi connectivity index (χ0v) is 12.5. The molecule has 1 amide bonds. The number of amides is 1. The van der Waals surface area contributed by atoms with E-state index in [1.165, 1.54) is 18.2 Å². The summed E-state index contributed by atoms with van der Waals surface area (Å²) >= 11 is 0. The van der Waals surface area contributed by atoms with Gasteiger partial charge in [-0.1, -0.05) is 24.3 Å². The quantitative estimate of drug-likeness (QED) is 0.812. The second-order valence-electron chi connectivity index (χ2n) is 5.78. The van der Waals surface area contributed by atoms with E-state index in [1.807, 2.05) is 6.07 Å². The Morgan fingerprint density at radius 3 is 2.87 bits per heavy atom. The summed E-state index contributed by atoms with van der Waals surface area (Å²) in [4.78, 5) is 12.1. The van der Waals surface area contributed by atoms with E-state index in [0.29, 0.717) is 18.4 Å². The van der Waals surface area contributed by atoms with Crippen molar-refractivity contribution in [2.75, 3.05) is 0 Å². The molecule has 4 nitrogen and oxygen atoms in total. The largest absolute Gasteiger partial charge is 0.508 e. The number of carbonyl (C=O) groups is 1. The molecule has 2 unspecified atom stereocenters. The van der Waals surface area contributed by atoms with Gasteiger partial charge in [-0.2, -0.15) is 0 Å². The van der Waals surface area contributed by atoms with Crippen molar-refractivity contribution in [2.45, 2.75) is 31.4 Å². The molecule has 3 N–H and O–H groups in total. The number of aromatic hydroxyl groups is 1. The van der Waals surface area contributed by atoms with Crippen LogP contribution in [-0.4, -0.2) is 16.1 Å². The second-order valence-corrected chi connectivity index (χ2v) is 5.78. The minimum Gasteiger partial charge on any atom is -0.508 e. The normalized spacial score (nSPS) is 17.6. The Labute approximate surface area is 133 Å². The number of phenolic OH excluding ortho intramolecular Hbond substituents is 1. The molecule has 0 saturated heterocycles. The van der Waals surface area contributed by atoms with Gasteiger partial charge in [-0.25, -0.2) is 4.39 Å². The standard InChI is InChI=1S/C18H18FNO3/c19-12-4-1-3-11(9-12)17(22)10-18(23)20-15-8-7-14-13(15)5-2-6-16(14)21/h1-6,9,15,17,21-22H,7-8,10H2,(H,20,23). The summed E-state index contributed by atoms with van der Waals surface area (Å²) in [5, 5.41) is 22.8. The highest BCUT2D eigenvalue weighted by atomic mass is 19.1. The van der Waals surface area contributed by atoms with Crippen LogP contribution in [0.4, 0.5) is 4.39 Å². The molecule has 2 aromatic rings. The molecule has 23 heavy (non-hydrogen) atoms. The zero-order valence-electron chi connectivity index (χ0n) is 12.5. The van der Waals surface area contributed by atoms with Gasteiger partial charge in [0, 0.05) is 0 Å². The molecule has 0 aliphatic heterocycles. The summed E-state index contributed by atoms with van der Waals surface area (Å²) in [6.07, 6.45) is 0.248. The van der Waals surface area contributed by atoms with E-state index in [-0.39, 0.29) is 24.1 Å². The number of aliphatic hydroxyl groups is 1. The van der Waals surface area contributed by atoms with E-state index in [0.717, 1.165) is 11.1 Å². The van der Waals surface area contributed by atoms with Crippen LogP contribution in [0.5, 0.6) is 5.75 Å². The van der Waals surface area contributed by atoms with Crippen LogP contribution in [0.2, 0.25) is 0 Å². The van der Waals surface area contributed by atoms with Crippen LogP contribution in [0.15, 0.2) is 42.5 Å². The minimum atomic E-state index is -1.05. The van der Waals surface area contributed by atoms with Gasteiger partial charge >= 0.3 is 0 Å². The maximum atomic E-state index is 13.2. The van der Waals surface area contributed by atoms with Gasteiger partial charge in [-0.15, -0.1) is 0 Å². The Kier molecular flexibility index (Phi) is 4.30. The third-order valence-electron chi connectivity index (χ3n) is 4.19. The van der Waals surface area contributed by atoms with Crippen molar-refractivity contribution < 1.29 is 19.4 Å². The van der Waals surface area contributed by atoms with Crippen molar-refractivity contribution in [3.63, 3.8) is 0 Å². The maximum Gasteiger partial charge on any atom is 0.223 e. The van der Waals surface area contributed by atoms with Gasteiger partial charge < -0.3 is 15.5 Å². The Morgan fingerprint density at radius 2 is 2.09 bits per heavy atom. The number of rotatable bonds is 4. The highest BCUT2D eigenvalue weighted by Crippen LogP contribution is 2.36. The summed E-state index contributed by atoms with van der Waals surface area (Å²) in [7, 11) is 0. The molecule has 0 saturated carbocycles. The predicted molar refractivity (Wildman–Crippen MR) is 83.3 cm³/mol. The van der Waals surface area contributed by atoms with Gasteiger partial charge in [0.15, 0.2) is 0 Å². The average Bonchev–Trinajstić information content (AvgIpc) is 2.91. The van der Waals surface area contributed by atoms with E-state index < -0.39 is 11.9 Å². The van der Waals surface area contributed by atoms with Crippen molar-refractivity contribution in [1.82, 2.24) is 5.32 Å². The number of halogens is 1. The number of phenols is 1. The number of benzene rings is 2. The van der Waals surface area contributed by atoms with Crippen molar-refractivity contribution >= 4 is 5.91 Å². The van der Waals surface area contributed by atoms with E-state index >= 15 is 0 Å². The van der Waals surface area contributed by atoms with Crippen LogP contribution in [-0.2, 0) is 11.2 Å². The minimum absolute atomic E-state index is 0.131. The Morgan fingerprint density at radius 1 is 1.30 bits per heavy atom. The molecule has 5 heteroatoms. The van der Waals surface area contributed by atoms with E-state index in [2.05, 4.69) is 5.32 Å². The van der Waals surface area contributed by atoms with Gasteiger partial charge in [0.05, 0.1) is 18.6 Å². The lowest BCUT2D eigenvalue weighted by atomic mass is 10.0. The van der Waals surface area contributed by atoms with Crippen molar-refractivity contribution in [3.05, 3.63) is 65.0 Å². The first-order chi connectivity index (χ1) is 11.0. The number of hydrogen-bond donors (Lipinski definition) is 3. The number of aliphatic hydroxyl groups excluding tert-OH is 1. The van der Waals surface area contributed by atoms with E-state index in [4.69, 9.17) is 0 Å². The fourth-order valence-electron chi connectivity index (χ4n) is 3.05. The maximum absolute atomic E-state index is 13.2. The number of fused-ring (bicyclic) bond motifs is 1. The molecule has 0 fully saturated rings. The molecule has 1 aliphatic rings. The molecule has 120 valence electrons. The summed E-state index contributed by atoms with van der Waals surface area (Å²) in [5.74, 6) is -0.496. The molecule has 2 aromatic carbocycles. The Hall–Kier alpha value is -2.40. The highest BCUT2D eigenvalue weighted by Gasteiger charge is 2.26. The molecular formula is C18H18FNO3. The second kappa shape index (κ2) is 6.38. The van der Waals surface area contributed by atoms with E-state index in [9.17, 15) is 19.4 Å². The fourth-order valence-corrected chi connectivity index (χ4v) is 3.05. The van der Waals surface area contributed by atoms with E-state index in [1.54, 1.807) is 18.2 Å². The molecule has 0 bridgehead atoms. The monoisotopic (exact) mass is 315 g/mol. The van der Waals surface area contributed by atoms with Crippen LogP contribution in [0.3, 0.4) is 0 Å². The zero-order chi connectivity index (χ0) is 16.4. The van der Waals surface area contributed by atoms with Crippen molar-refractivity contribution in [2.24, 2.45) is 0 Å². The average molecular weight is 315 g/mol. The van der Waals surface area contributed by atoms with Gasteiger partial charge in [0.25, 0.3) is 0 Å². The third kappa shape index (κ3) is 3.35. The summed E-state index contributed by atoms with van der Waals surface area (Å²) in [5.41, 5.74) is 2.16. The molecule has 0 aromatic heterocycles. The molecule has 1 aliphatic carbocycles. The molecular weight excluding hydrogens is 297 g/mol. The van der Waals surface area contributed by atoms with Crippen LogP contribution >= 0.6 is 0 Å². The molecule has 0 radical (unpaired) electrons. The molecule has 2 atom stereocenters. The lowest BCUT2D eigenvalue weighted by Gasteiger charge is -2.16. The predicted octanol–water partition coefficient (Wildman–Crippen LogP) is 2.76. The first kappa shape index (κ1) is 15.5. The number of carbonyl (C=O) groups excluding carboxylic acids is 1. The topological polar surface area (TPSA) is 69.6 Å². The van der Waals surface area contributed by atoms with Gasteiger partial charge in [0.2, 0.25) is 5.91 Å². The van der Waals surface area contributed by atoms with Crippen molar-refractivity contribution in [1.29, 1.82) is 0 Å². The highest BCUT2D eigenvalue weighted by molar-refractivity contribution is 5.77. The smallest absolute Gasteiger partial charge is 0.223 e. The van der Waals surface area contributed by atoms with Gasteiger partial charge in [-0.3, -0.25) is 4.79 Å². The summed E-state index contributed by atoms with van der Waals surface area (Å²) in [6.45, 7) is 0. The summed E-state index contributed by atoms with van der Waals surface area (Å²) in [6, 6.07) is 10.7. The molecule has 0 heterocycles. The number of hydrogen-bond acceptors (Lipinski definition) is 3. The first-order valence-corrected chi connectivity index (χ1v) is 7.58. The van der Waals surface area contributed by atoms with Crippen LogP contribution in [0.25, 0.3) is 0 Å². The Balaban J connectivity index is 1.64. The molecule has 3 rings (SSSR count). The lowest BCUT2D eigenvalue weighted by Crippen LogP contribution is -2.28. The first-order valence-electron chi connectivity index (χ1n) is 7.58. The summed E-state index contributed by atoms with van der Waals surface area (Å²) < 4.78 is 13.2. The van der Waals surface area contributed by atoms with Crippen LogP contribution < -0.4 is 5.32 Å². The van der Waals surface area contributed by atoms with Crippen molar-refractivity contribution in [3.8, 4) is 5.75 Å². The molecule has 0 spiro atoms. The Bertz CT molecular complexity index is 732. The van der Waals surface area contributed by atoms with Crippen LogP contribution in [0.1, 0.15) is 41.7 Å². The third-order valence-corrected chi connectivity index (χ3v) is 4.19. The van der Waals surface area contributed by atoms with Gasteiger partial charge in [-0.05, 0) is 47.7 Å². The van der Waals surface area contributed by atoms with Gasteiger partial charge in [0.1, 0.15) is 11.6 Å². The van der Waals surface area contributed by atoms with Crippen LogP contribution in [0, 0.1) is 5.82 Å². The fraction of sp³-hybridized carbons (Fsp3) is 0.278. The number of nitrogens with one attached hydrogen (secondary N) is 1. The lowest BCUT2D eigenvalue weighted by molar-refractivity contribution is -0.123.